The summed E-state index contributed by atoms with van der Waals surface area (Å²) in [5.74, 6) is -2.71. The van der Waals surface area contributed by atoms with E-state index in [1.54, 1.807) is 29.6 Å². The highest BCUT2D eigenvalue weighted by molar-refractivity contribution is 6.30. The number of fused-ring (bicyclic) bond motifs is 1. The van der Waals surface area contributed by atoms with Crippen molar-refractivity contribution in [3.8, 4) is 0 Å². The van der Waals surface area contributed by atoms with Gasteiger partial charge in [0.15, 0.2) is 6.04 Å². The van der Waals surface area contributed by atoms with E-state index in [1.165, 1.54) is 6.20 Å². The van der Waals surface area contributed by atoms with Gasteiger partial charge in [0.05, 0.1) is 22.3 Å². The number of hydrogen-bond acceptors (Lipinski definition) is 4. The number of rotatable bonds is 5. The number of alkyl halides is 3. The number of hydrogen-bond donors (Lipinski definition) is 3. The molecule has 1 saturated heterocycles. The van der Waals surface area contributed by atoms with Crippen LogP contribution in [0.25, 0.3) is 21.3 Å². The lowest BCUT2D eigenvalue weighted by Gasteiger charge is -2.29. The molecule has 1 fully saturated rings. The van der Waals surface area contributed by atoms with Gasteiger partial charge >= 0.3 is 18.2 Å². The Morgan fingerprint density at radius 1 is 1.18 bits per heavy atom. The third-order valence-corrected chi connectivity index (χ3v) is 6.48. The van der Waals surface area contributed by atoms with Crippen LogP contribution >= 0.6 is 11.6 Å². The quantitative estimate of drug-likeness (QED) is 0.171. The zero-order chi connectivity index (χ0) is 28.5. The topological polar surface area (TPSA) is 158 Å². The Labute approximate surface area is 222 Å². The van der Waals surface area contributed by atoms with Gasteiger partial charge in [0.1, 0.15) is 11.9 Å². The number of carbonyl (C=O) groups is 3. The van der Waals surface area contributed by atoms with Gasteiger partial charge in [-0.25, -0.2) is 14.0 Å². The number of carbonyl (C=O) groups excluding carboxylic acids is 3. The number of likely N-dealkylation sites (tertiary alicyclic amines) is 1. The molecule has 4 amide bonds. The van der Waals surface area contributed by atoms with E-state index in [9.17, 15) is 31.9 Å². The molecule has 16 heteroatoms. The highest BCUT2D eigenvalue weighted by Gasteiger charge is 2.48. The highest BCUT2D eigenvalue weighted by atomic mass is 35.5. The van der Waals surface area contributed by atoms with E-state index in [-0.39, 0.29) is 18.7 Å². The maximum Gasteiger partial charge on any atom is 0.412 e. The fraction of sp³-hybridized carbons (Fsp3) is 0.261. The maximum absolute atomic E-state index is 14.5. The van der Waals surface area contributed by atoms with Crippen molar-refractivity contribution < 1.29 is 31.9 Å². The summed E-state index contributed by atoms with van der Waals surface area (Å²) in [5.41, 5.74) is 13.9. The fourth-order valence-electron chi connectivity index (χ4n) is 4.46. The zero-order valence-corrected chi connectivity index (χ0v) is 20.4. The van der Waals surface area contributed by atoms with E-state index >= 15 is 0 Å². The number of nitrogens with two attached hydrogens (primary N) is 1. The van der Waals surface area contributed by atoms with Crippen molar-refractivity contribution in [2.75, 3.05) is 11.9 Å². The summed E-state index contributed by atoms with van der Waals surface area (Å²) in [6, 6.07) is 1.95. The van der Waals surface area contributed by atoms with E-state index in [0.717, 1.165) is 27.7 Å². The Morgan fingerprint density at radius 2 is 1.90 bits per heavy atom. The fourth-order valence-corrected chi connectivity index (χ4v) is 4.64. The van der Waals surface area contributed by atoms with E-state index in [0.29, 0.717) is 10.9 Å². The van der Waals surface area contributed by atoms with E-state index < -0.39 is 58.7 Å². The average molecular weight is 567 g/mol. The van der Waals surface area contributed by atoms with Gasteiger partial charge in [-0.3, -0.25) is 9.36 Å². The number of anilines is 1. The molecule has 0 spiro atoms. The number of urea groups is 1. The number of aromatic nitrogens is 1. The average Bonchev–Trinajstić information content (AvgIpc) is 3.46. The molecule has 0 aliphatic carbocycles. The summed E-state index contributed by atoms with van der Waals surface area (Å²) >= 11 is 5.64. The zero-order valence-electron chi connectivity index (χ0n) is 19.7. The number of azide groups is 1. The lowest BCUT2D eigenvalue weighted by Crippen LogP contribution is -2.53. The van der Waals surface area contributed by atoms with Crippen molar-refractivity contribution in [1.29, 1.82) is 0 Å². The smallest absolute Gasteiger partial charge is 0.351 e. The maximum atomic E-state index is 14.5. The first kappa shape index (κ1) is 27.5. The second kappa shape index (κ2) is 10.7. The Balaban J connectivity index is 1.65. The molecule has 3 aromatic rings. The lowest BCUT2D eigenvalue weighted by atomic mass is 10.0. The Kier molecular flexibility index (Phi) is 7.56. The first-order valence-corrected chi connectivity index (χ1v) is 11.6. The Bertz CT molecular complexity index is 1500. The summed E-state index contributed by atoms with van der Waals surface area (Å²) in [6.07, 6.45) is -3.93. The highest BCUT2D eigenvalue weighted by Crippen LogP contribution is 2.36. The molecule has 39 heavy (non-hydrogen) atoms. The number of para-hydroxylation sites is 1. The van der Waals surface area contributed by atoms with Crippen LogP contribution in [-0.2, 0) is 4.79 Å². The molecular formula is C23H19ClF4N8O3. The van der Waals surface area contributed by atoms with Crippen molar-refractivity contribution in [3.63, 3.8) is 0 Å². The summed E-state index contributed by atoms with van der Waals surface area (Å²) in [5, 5.41) is 7.57. The molecule has 1 aliphatic heterocycles. The summed E-state index contributed by atoms with van der Waals surface area (Å²) < 4.78 is 57.3. The number of amides is 4. The van der Waals surface area contributed by atoms with Crippen molar-refractivity contribution in [2.45, 2.75) is 30.7 Å². The van der Waals surface area contributed by atoms with Crippen LogP contribution in [0.5, 0.6) is 0 Å². The van der Waals surface area contributed by atoms with Crippen LogP contribution in [-0.4, -0.2) is 52.2 Å². The standard InChI is InChI=1S/C23H19ClF4N8O3/c24-13-6-3-5-12(17(13)25)19(23(26,27)28)32-20(37)18-14(33-34-30)8-9-35(18)22(39)31-15-10-36(21(29)38)16-7-2-1-4-11(15)16/h1-7,10,14,18-19H,8-9H2,(H2,29,38)(H,31,39)(H,32,37)/t14-,18+,19+/m1/s1. The molecule has 3 atom stereocenters. The molecule has 0 bridgehead atoms. The summed E-state index contributed by atoms with van der Waals surface area (Å²) in [4.78, 5) is 41.8. The van der Waals surface area contributed by atoms with Crippen LogP contribution in [0.3, 0.4) is 0 Å². The predicted molar refractivity (Wildman–Crippen MR) is 132 cm³/mol. The third-order valence-electron chi connectivity index (χ3n) is 6.19. The van der Waals surface area contributed by atoms with E-state index in [2.05, 4.69) is 15.3 Å². The summed E-state index contributed by atoms with van der Waals surface area (Å²) in [6.45, 7) is -0.162. The van der Waals surface area contributed by atoms with Gasteiger partial charge in [-0.15, -0.1) is 0 Å². The lowest BCUT2D eigenvalue weighted by molar-refractivity contribution is -0.165. The Hall–Kier alpha value is -4.49. The predicted octanol–water partition coefficient (Wildman–Crippen LogP) is 5.07. The molecule has 0 saturated carbocycles. The number of nitrogens with zero attached hydrogens (tertiary/aromatic N) is 5. The van der Waals surface area contributed by atoms with Crippen LogP contribution in [0.4, 0.5) is 32.8 Å². The van der Waals surface area contributed by atoms with Crippen molar-refractivity contribution >= 4 is 46.2 Å². The van der Waals surface area contributed by atoms with Crippen LogP contribution in [0.15, 0.2) is 53.8 Å². The van der Waals surface area contributed by atoms with Crippen molar-refractivity contribution in [1.82, 2.24) is 14.8 Å². The van der Waals surface area contributed by atoms with Gasteiger partial charge in [0.25, 0.3) is 0 Å². The minimum atomic E-state index is -5.14. The second-order valence-corrected chi connectivity index (χ2v) is 8.93. The first-order valence-electron chi connectivity index (χ1n) is 11.3. The molecule has 0 unspecified atom stereocenters. The normalized spacial score (nSPS) is 17.9. The molecule has 4 rings (SSSR count). The molecule has 0 radical (unpaired) electrons. The largest absolute Gasteiger partial charge is 0.412 e. The molecular weight excluding hydrogens is 548 g/mol. The van der Waals surface area contributed by atoms with E-state index in [1.807, 2.05) is 0 Å². The minimum absolute atomic E-state index is 0.0409. The number of nitrogens with one attached hydrogen (secondary N) is 2. The molecule has 1 aromatic heterocycles. The number of halogens is 5. The SMILES string of the molecule is [N-]=[N+]=N[C@@H]1CCN(C(=O)Nc2cn(C(N)=O)c3ccccc23)[C@@H]1C(=O)N[C@@H](c1cccc(Cl)c1F)C(F)(F)F. The monoisotopic (exact) mass is 566 g/mol. The van der Waals surface area contributed by atoms with Gasteiger partial charge < -0.3 is 21.3 Å². The Morgan fingerprint density at radius 3 is 2.56 bits per heavy atom. The minimum Gasteiger partial charge on any atom is -0.351 e. The number of primary amides is 1. The van der Waals surface area contributed by atoms with Gasteiger partial charge in [-0.1, -0.05) is 47.0 Å². The van der Waals surface area contributed by atoms with Gasteiger partial charge in [-0.2, -0.15) is 13.2 Å². The van der Waals surface area contributed by atoms with Gasteiger partial charge in [0, 0.05) is 28.6 Å². The number of benzene rings is 2. The van der Waals surface area contributed by atoms with E-state index in [4.69, 9.17) is 22.9 Å². The molecule has 1 aliphatic rings. The molecule has 11 nitrogen and oxygen atoms in total. The van der Waals surface area contributed by atoms with Crippen LogP contribution in [0, 0.1) is 5.82 Å². The molecule has 204 valence electrons. The molecule has 4 N–H and O–H groups in total. The molecule has 2 aromatic carbocycles. The van der Waals surface area contributed by atoms with Crippen LogP contribution in [0.1, 0.15) is 18.0 Å². The van der Waals surface area contributed by atoms with Crippen LogP contribution < -0.4 is 16.4 Å². The van der Waals surface area contributed by atoms with Crippen molar-refractivity contribution in [3.05, 3.63) is 75.5 Å². The van der Waals surface area contributed by atoms with Crippen LogP contribution in [0.2, 0.25) is 5.02 Å². The first-order chi connectivity index (χ1) is 18.4. The molecule has 2 heterocycles. The van der Waals surface area contributed by atoms with Gasteiger partial charge in [0.2, 0.25) is 5.91 Å². The van der Waals surface area contributed by atoms with Crippen molar-refractivity contribution in [2.24, 2.45) is 10.8 Å². The van der Waals surface area contributed by atoms with Gasteiger partial charge in [-0.05, 0) is 24.1 Å². The third kappa shape index (κ3) is 5.40. The second-order valence-electron chi connectivity index (χ2n) is 8.52. The summed E-state index contributed by atoms with van der Waals surface area (Å²) in [7, 11) is 0.